The van der Waals surface area contributed by atoms with Crippen LogP contribution in [0.25, 0.3) is 0 Å². The highest BCUT2D eigenvalue weighted by Crippen LogP contribution is 2.49. The second kappa shape index (κ2) is 5.20. The maximum atomic E-state index is 12.9. The number of allylic oxidation sites excluding steroid dienone is 3. The predicted molar refractivity (Wildman–Crippen MR) is 89.4 cm³/mol. The van der Waals surface area contributed by atoms with Crippen LogP contribution in [-0.4, -0.2) is 22.4 Å². The number of carbonyl (C=O) groups excluding carboxylic acids is 3. The zero-order valence-corrected chi connectivity index (χ0v) is 14.3. The zero-order chi connectivity index (χ0) is 16.9. The number of amides is 1. The van der Waals surface area contributed by atoms with E-state index in [0.717, 1.165) is 10.6 Å². The predicted octanol–water partition coefficient (Wildman–Crippen LogP) is 3.52. The van der Waals surface area contributed by atoms with Gasteiger partial charge in [-0.2, -0.15) is 0 Å². The lowest BCUT2D eigenvalue weighted by Gasteiger charge is -2.35. The van der Waals surface area contributed by atoms with Gasteiger partial charge in [-0.05, 0) is 27.7 Å². The lowest BCUT2D eigenvalue weighted by molar-refractivity contribution is -0.144. The van der Waals surface area contributed by atoms with Gasteiger partial charge in [0.05, 0.1) is 5.57 Å². The van der Waals surface area contributed by atoms with Crippen LogP contribution in [0.3, 0.4) is 0 Å². The van der Waals surface area contributed by atoms with Gasteiger partial charge in [0.2, 0.25) is 5.91 Å². The van der Waals surface area contributed by atoms with Crippen molar-refractivity contribution in [1.29, 1.82) is 0 Å². The minimum atomic E-state index is -1.24. The summed E-state index contributed by atoms with van der Waals surface area (Å²) >= 11 is 1.32. The van der Waals surface area contributed by atoms with Crippen molar-refractivity contribution in [3.05, 3.63) is 57.1 Å². The lowest BCUT2D eigenvalue weighted by atomic mass is 9.78. The molecule has 2 aliphatic rings. The maximum absolute atomic E-state index is 12.9. The molecule has 0 fully saturated rings. The van der Waals surface area contributed by atoms with Crippen LogP contribution in [0.15, 0.2) is 51.5 Å². The Bertz CT molecular complexity index is 803. The van der Waals surface area contributed by atoms with Crippen molar-refractivity contribution in [3.63, 3.8) is 0 Å². The zero-order valence-electron chi connectivity index (χ0n) is 13.5. The smallest absolute Gasteiger partial charge is 0.245 e. The van der Waals surface area contributed by atoms with E-state index >= 15 is 0 Å². The van der Waals surface area contributed by atoms with E-state index in [0.29, 0.717) is 10.6 Å². The van der Waals surface area contributed by atoms with E-state index in [4.69, 9.17) is 0 Å². The molecule has 0 aromatic heterocycles. The van der Waals surface area contributed by atoms with E-state index in [1.807, 2.05) is 19.9 Å². The Morgan fingerprint density at radius 1 is 1.09 bits per heavy atom. The molecule has 0 saturated carbocycles. The first-order valence-electron chi connectivity index (χ1n) is 7.35. The van der Waals surface area contributed by atoms with Gasteiger partial charge in [-0.1, -0.05) is 42.1 Å². The second-order valence-corrected chi connectivity index (χ2v) is 7.42. The number of ketones is 2. The quantitative estimate of drug-likeness (QED) is 0.474. The highest BCUT2D eigenvalue weighted by molar-refractivity contribution is 8.07. The van der Waals surface area contributed by atoms with Crippen molar-refractivity contribution in [2.24, 2.45) is 5.41 Å². The van der Waals surface area contributed by atoms with Crippen molar-refractivity contribution >= 4 is 29.2 Å². The molecule has 118 valence electrons. The number of thioether (sulfide) groups is 1. The highest BCUT2D eigenvalue weighted by Gasteiger charge is 2.51. The molecule has 0 spiro atoms. The number of Topliss-reactive ketones (excluding diaryl/α,β-unsaturated/α-hetero) is 2. The summed E-state index contributed by atoms with van der Waals surface area (Å²) in [6.07, 6.45) is 0. The van der Waals surface area contributed by atoms with E-state index in [1.54, 1.807) is 38.1 Å². The van der Waals surface area contributed by atoms with E-state index < -0.39 is 11.2 Å². The molecule has 1 aromatic rings. The minimum absolute atomic E-state index is 0.113. The first-order chi connectivity index (χ1) is 10.8. The minimum Gasteiger partial charge on any atom is -0.293 e. The largest absolute Gasteiger partial charge is 0.293 e. The first kappa shape index (κ1) is 15.7. The molecule has 0 N–H and O–H groups in total. The molecule has 2 heterocycles. The van der Waals surface area contributed by atoms with E-state index in [9.17, 15) is 14.4 Å². The van der Waals surface area contributed by atoms with Crippen LogP contribution >= 0.6 is 11.8 Å². The van der Waals surface area contributed by atoms with Gasteiger partial charge in [-0.3, -0.25) is 19.3 Å². The van der Waals surface area contributed by atoms with Crippen molar-refractivity contribution in [3.8, 4) is 0 Å². The van der Waals surface area contributed by atoms with Crippen LogP contribution in [0.2, 0.25) is 0 Å². The summed E-state index contributed by atoms with van der Waals surface area (Å²) in [4.78, 5) is 40.9. The van der Waals surface area contributed by atoms with Gasteiger partial charge in [-0.25, -0.2) is 0 Å². The van der Waals surface area contributed by atoms with E-state index in [-0.39, 0.29) is 17.3 Å². The molecule has 1 aromatic carbocycles. The molecule has 5 heteroatoms. The SMILES string of the molecule is CC1=C(C)N2C(=O)C(C)(C)C(=O)C(C(=O)c3ccccc3)=C2S1. The summed E-state index contributed by atoms with van der Waals surface area (Å²) in [6.45, 7) is 6.89. The summed E-state index contributed by atoms with van der Waals surface area (Å²) in [5.41, 5.74) is 0.114. The second-order valence-electron chi connectivity index (χ2n) is 6.21. The average molecular weight is 327 g/mol. The molecule has 23 heavy (non-hydrogen) atoms. The number of nitrogens with zero attached hydrogens (tertiary/aromatic N) is 1. The number of hydrogen-bond donors (Lipinski definition) is 0. The van der Waals surface area contributed by atoms with Crippen molar-refractivity contribution in [1.82, 2.24) is 4.90 Å². The Balaban J connectivity index is 2.21. The van der Waals surface area contributed by atoms with Crippen molar-refractivity contribution < 1.29 is 14.4 Å². The third kappa shape index (κ3) is 2.18. The topological polar surface area (TPSA) is 54.5 Å². The summed E-state index contributed by atoms with van der Waals surface area (Å²) < 4.78 is 0. The fraction of sp³-hybridized carbons (Fsp3) is 0.278. The molecule has 0 atom stereocenters. The highest BCUT2D eigenvalue weighted by atomic mass is 32.2. The summed E-state index contributed by atoms with van der Waals surface area (Å²) in [7, 11) is 0. The van der Waals surface area contributed by atoms with E-state index in [2.05, 4.69) is 0 Å². The molecule has 3 rings (SSSR count). The van der Waals surface area contributed by atoms with Gasteiger partial charge < -0.3 is 0 Å². The van der Waals surface area contributed by atoms with Gasteiger partial charge in [-0.15, -0.1) is 0 Å². The molecule has 0 bridgehead atoms. The Morgan fingerprint density at radius 2 is 1.70 bits per heavy atom. The Kier molecular flexibility index (Phi) is 3.56. The average Bonchev–Trinajstić information content (AvgIpc) is 2.82. The van der Waals surface area contributed by atoms with E-state index in [1.165, 1.54) is 16.7 Å². The van der Waals surface area contributed by atoms with Crippen LogP contribution in [0.4, 0.5) is 0 Å². The normalized spacial score (nSPS) is 20.3. The maximum Gasteiger partial charge on any atom is 0.245 e. The number of hydrogen-bond acceptors (Lipinski definition) is 4. The lowest BCUT2D eigenvalue weighted by Crippen LogP contribution is -2.49. The molecule has 0 aliphatic carbocycles. The number of rotatable bonds is 2. The Morgan fingerprint density at radius 3 is 2.30 bits per heavy atom. The molecule has 1 amide bonds. The summed E-state index contributed by atoms with van der Waals surface area (Å²) in [5.74, 6) is -1.01. The number of benzene rings is 1. The molecule has 0 unspecified atom stereocenters. The third-order valence-electron chi connectivity index (χ3n) is 4.31. The van der Waals surface area contributed by atoms with Gasteiger partial charge in [0.1, 0.15) is 10.4 Å². The van der Waals surface area contributed by atoms with Crippen LogP contribution < -0.4 is 0 Å². The van der Waals surface area contributed by atoms with Gasteiger partial charge >= 0.3 is 0 Å². The fourth-order valence-corrected chi connectivity index (χ4v) is 3.83. The molecule has 4 nitrogen and oxygen atoms in total. The van der Waals surface area contributed by atoms with Crippen LogP contribution in [0, 0.1) is 5.41 Å². The van der Waals surface area contributed by atoms with Gasteiger partial charge in [0.25, 0.3) is 0 Å². The van der Waals surface area contributed by atoms with Crippen LogP contribution in [0.5, 0.6) is 0 Å². The fourth-order valence-electron chi connectivity index (χ4n) is 2.70. The Labute approximate surface area is 139 Å². The molecular formula is C18H17NO3S. The molecule has 0 radical (unpaired) electrons. The van der Waals surface area contributed by atoms with Crippen LogP contribution in [0.1, 0.15) is 38.1 Å². The van der Waals surface area contributed by atoms with Gasteiger partial charge in [0, 0.05) is 16.2 Å². The first-order valence-corrected chi connectivity index (χ1v) is 8.17. The van der Waals surface area contributed by atoms with Gasteiger partial charge in [0.15, 0.2) is 11.6 Å². The molecule has 2 aliphatic heterocycles. The van der Waals surface area contributed by atoms with Crippen molar-refractivity contribution in [2.75, 3.05) is 0 Å². The third-order valence-corrected chi connectivity index (χ3v) is 5.49. The molecule has 0 saturated heterocycles. The number of carbonyl (C=O) groups is 3. The summed E-state index contributed by atoms with van der Waals surface area (Å²) in [5, 5.41) is 0.447. The Hall–Kier alpha value is -2.14. The van der Waals surface area contributed by atoms with Crippen molar-refractivity contribution in [2.45, 2.75) is 27.7 Å². The standard InChI is InChI=1S/C18H17NO3S/c1-10-11(2)23-16-13(14(20)12-8-6-5-7-9-12)15(21)18(3,4)17(22)19(10)16/h5-9H,1-4H3. The molecular weight excluding hydrogens is 310 g/mol. The van der Waals surface area contributed by atoms with Crippen LogP contribution in [-0.2, 0) is 9.59 Å². The summed E-state index contributed by atoms with van der Waals surface area (Å²) in [6, 6.07) is 8.71. The number of fused-ring (bicyclic) bond motifs is 1. The monoisotopic (exact) mass is 327 g/mol.